The normalized spacial score (nSPS) is 14.4. The number of hydrogen-bond acceptors (Lipinski definition) is 4. The molecule has 5 nitrogen and oxygen atoms in total. The summed E-state index contributed by atoms with van der Waals surface area (Å²) < 4.78 is 2.26. The van der Waals surface area contributed by atoms with Crippen LogP contribution in [0.5, 0.6) is 0 Å². The van der Waals surface area contributed by atoms with Crippen LogP contribution in [0, 0.1) is 6.92 Å². The Morgan fingerprint density at radius 1 is 1.00 bits per heavy atom. The van der Waals surface area contributed by atoms with Gasteiger partial charge in [-0.2, -0.15) is 0 Å². The number of ketones is 1. The van der Waals surface area contributed by atoms with E-state index in [1.54, 1.807) is 0 Å². The second-order valence-corrected chi connectivity index (χ2v) is 7.60. The fourth-order valence-corrected chi connectivity index (χ4v) is 4.32. The van der Waals surface area contributed by atoms with Crippen LogP contribution in [0.25, 0.3) is 21.8 Å². The smallest absolute Gasteiger partial charge is 0.331 e. The summed E-state index contributed by atoms with van der Waals surface area (Å²) in [7, 11) is 0. The van der Waals surface area contributed by atoms with Gasteiger partial charge in [-0.1, -0.05) is 47.6 Å². The van der Waals surface area contributed by atoms with E-state index in [-0.39, 0.29) is 5.78 Å². The third kappa shape index (κ3) is 2.82. The Labute approximate surface area is 173 Å². The Morgan fingerprint density at radius 3 is 2.63 bits per heavy atom. The summed E-state index contributed by atoms with van der Waals surface area (Å²) in [5.74, 6) is -0.404. The SMILES string of the molecule is CC(=O)O/N=C1/CCn2c3ccc(C(=O)c4ccccc4C)cc3c3cccc1c32. The molecule has 0 saturated heterocycles. The summed E-state index contributed by atoms with van der Waals surface area (Å²) in [5.41, 5.74) is 6.24. The maximum Gasteiger partial charge on any atom is 0.331 e. The number of fused-ring (bicyclic) bond motifs is 3. The monoisotopic (exact) mass is 396 g/mol. The lowest BCUT2D eigenvalue weighted by Gasteiger charge is -2.17. The van der Waals surface area contributed by atoms with Crippen molar-refractivity contribution in [3.8, 4) is 0 Å². The third-order valence-electron chi connectivity index (χ3n) is 5.70. The fourth-order valence-electron chi connectivity index (χ4n) is 4.32. The van der Waals surface area contributed by atoms with Gasteiger partial charge in [0.05, 0.1) is 11.2 Å². The highest BCUT2D eigenvalue weighted by atomic mass is 16.7. The Balaban J connectivity index is 1.69. The fraction of sp³-hybridized carbons (Fsp3) is 0.160. The first-order valence-electron chi connectivity index (χ1n) is 9.94. The molecular formula is C25H20N2O3. The number of carbonyl (C=O) groups is 2. The maximum atomic E-state index is 13.1. The molecule has 5 heteroatoms. The van der Waals surface area contributed by atoms with Gasteiger partial charge in [-0.25, -0.2) is 4.79 Å². The zero-order chi connectivity index (χ0) is 20.8. The van der Waals surface area contributed by atoms with Crippen LogP contribution in [0.4, 0.5) is 0 Å². The summed E-state index contributed by atoms with van der Waals surface area (Å²) in [6, 6.07) is 19.6. The highest BCUT2D eigenvalue weighted by Gasteiger charge is 2.23. The molecule has 0 N–H and O–H groups in total. The highest BCUT2D eigenvalue weighted by molar-refractivity contribution is 6.20. The van der Waals surface area contributed by atoms with E-state index in [1.165, 1.54) is 6.92 Å². The standard InChI is InChI=1S/C25H20N2O3/c1-15-6-3-4-7-18(15)25(29)17-10-11-23-21(14-17)19-8-5-9-20-22(26-30-16(2)28)12-13-27(23)24(19)20/h3-11,14H,12-13H2,1-2H3/b26-22-. The van der Waals surface area contributed by atoms with Gasteiger partial charge in [-0.3, -0.25) is 4.79 Å². The molecular weight excluding hydrogens is 376 g/mol. The average Bonchev–Trinajstić information content (AvgIpc) is 3.08. The topological polar surface area (TPSA) is 60.7 Å². The van der Waals surface area contributed by atoms with Crippen LogP contribution in [0.2, 0.25) is 0 Å². The number of aryl methyl sites for hydroxylation is 2. The molecule has 0 aliphatic carbocycles. The first kappa shape index (κ1) is 18.3. The van der Waals surface area contributed by atoms with Gasteiger partial charge in [0.2, 0.25) is 0 Å². The van der Waals surface area contributed by atoms with Crippen LogP contribution in [-0.4, -0.2) is 22.0 Å². The van der Waals surface area contributed by atoms with Crippen molar-refractivity contribution in [1.29, 1.82) is 0 Å². The van der Waals surface area contributed by atoms with Gasteiger partial charge < -0.3 is 9.40 Å². The number of para-hydroxylation sites is 1. The number of benzene rings is 3. The van der Waals surface area contributed by atoms with Gasteiger partial charge in [-0.15, -0.1) is 0 Å². The Kier molecular flexibility index (Phi) is 4.24. The van der Waals surface area contributed by atoms with Crippen molar-refractivity contribution in [2.24, 2.45) is 5.16 Å². The van der Waals surface area contributed by atoms with Crippen molar-refractivity contribution >= 4 is 39.3 Å². The van der Waals surface area contributed by atoms with Gasteiger partial charge in [0.15, 0.2) is 5.78 Å². The van der Waals surface area contributed by atoms with Crippen LogP contribution in [0.15, 0.2) is 65.8 Å². The number of aromatic nitrogens is 1. The molecule has 148 valence electrons. The predicted molar refractivity (Wildman–Crippen MR) is 117 cm³/mol. The van der Waals surface area contributed by atoms with E-state index in [1.807, 2.05) is 61.5 Å². The second kappa shape index (κ2) is 6.95. The van der Waals surface area contributed by atoms with Crippen molar-refractivity contribution < 1.29 is 14.4 Å². The molecule has 0 amide bonds. The molecule has 5 rings (SSSR count). The zero-order valence-corrected chi connectivity index (χ0v) is 16.8. The summed E-state index contributed by atoms with van der Waals surface area (Å²) in [4.78, 5) is 29.2. The van der Waals surface area contributed by atoms with Gasteiger partial charge in [0, 0.05) is 52.9 Å². The number of rotatable bonds is 3. The summed E-state index contributed by atoms with van der Waals surface area (Å²) in [6.07, 6.45) is 0.674. The molecule has 0 saturated carbocycles. The lowest BCUT2D eigenvalue weighted by atomic mass is 9.97. The molecule has 0 spiro atoms. The summed E-state index contributed by atoms with van der Waals surface area (Å²) >= 11 is 0. The largest absolute Gasteiger partial charge is 0.340 e. The number of nitrogens with zero attached hydrogens (tertiary/aromatic N) is 2. The van der Waals surface area contributed by atoms with E-state index in [9.17, 15) is 9.59 Å². The quantitative estimate of drug-likeness (QED) is 0.278. The lowest BCUT2D eigenvalue weighted by molar-refractivity contribution is -0.140. The Hall–Kier alpha value is -3.73. The lowest BCUT2D eigenvalue weighted by Crippen LogP contribution is -2.15. The van der Waals surface area contributed by atoms with E-state index in [0.29, 0.717) is 12.0 Å². The molecule has 0 fully saturated rings. The van der Waals surface area contributed by atoms with E-state index in [2.05, 4.69) is 15.8 Å². The minimum atomic E-state index is -0.430. The maximum absolute atomic E-state index is 13.1. The predicted octanol–water partition coefficient (Wildman–Crippen LogP) is 5.00. The third-order valence-corrected chi connectivity index (χ3v) is 5.70. The van der Waals surface area contributed by atoms with E-state index < -0.39 is 5.97 Å². The van der Waals surface area contributed by atoms with Crippen molar-refractivity contribution in [2.45, 2.75) is 26.8 Å². The molecule has 1 aliphatic rings. The van der Waals surface area contributed by atoms with Crippen LogP contribution < -0.4 is 0 Å². The van der Waals surface area contributed by atoms with E-state index in [4.69, 9.17) is 4.84 Å². The molecule has 1 aromatic heterocycles. The summed E-state index contributed by atoms with van der Waals surface area (Å²) in [6.45, 7) is 4.04. The highest BCUT2D eigenvalue weighted by Crippen LogP contribution is 2.35. The first-order chi connectivity index (χ1) is 14.5. The molecule has 0 radical (unpaired) electrons. The minimum absolute atomic E-state index is 0.0269. The van der Waals surface area contributed by atoms with Gasteiger partial charge in [0.25, 0.3) is 0 Å². The van der Waals surface area contributed by atoms with Crippen LogP contribution in [-0.2, 0) is 16.2 Å². The molecule has 30 heavy (non-hydrogen) atoms. The molecule has 3 aromatic carbocycles. The minimum Gasteiger partial charge on any atom is -0.340 e. The van der Waals surface area contributed by atoms with Crippen molar-refractivity contribution in [3.63, 3.8) is 0 Å². The Morgan fingerprint density at radius 2 is 1.83 bits per heavy atom. The Bertz CT molecular complexity index is 1380. The van der Waals surface area contributed by atoms with Crippen LogP contribution in [0.3, 0.4) is 0 Å². The van der Waals surface area contributed by atoms with Crippen LogP contribution in [0.1, 0.15) is 40.4 Å². The molecule has 0 bridgehead atoms. The first-order valence-corrected chi connectivity index (χ1v) is 9.94. The molecule has 1 aliphatic heterocycles. The van der Waals surface area contributed by atoms with Crippen LogP contribution >= 0.6 is 0 Å². The van der Waals surface area contributed by atoms with E-state index in [0.717, 1.165) is 50.8 Å². The van der Waals surface area contributed by atoms with Gasteiger partial charge in [-0.05, 0) is 30.7 Å². The zero-order valence-electron chi connectivity index (χ0n) is 16.8. The second-order valence-electron chi connectivity index (χ2n) is 7.60. The van der Waals surface area contributed by atoms with Gasteiger partial charge in [0.1, 0.15) is 0 Å². The molecule has 0 atom stereocenters. The molecule has 4 aromatic rings. The average molecular weight is 396 g/mol. The number of hydrogen-bond donors (Lipinski definition) is 0. The van der Waals surface area contributed by atoms with Crippen molar-refractivity contribution in [2.75, 3.05) is 0 Å². The van der Waals surface area contributed by atoms with Crippen molar-refractivity contribution in [3.05, 3.63) is 82.9 Å². The summed E-state index contributed by atoms with van der Waals surface area (Å²) in [5, 5.41) is 6.18. The van der Waals surface area contributed by atoms with Crippen molar-refractivity contribution in [1.82, 2.24) is 4.57 Å². The molecule has 0 unspecified atom stereocenters. The van der Waals surface area contributed by atoms with E-state index >= 15 is 0 Å². The number of carbonyl (C=O) groups excluding carboxylic acids is 2. The molecule has 2 heterocycles. The van der Waals surface area contributed by atoms with Gasteiger partial charge >= 0.3 is 5.97 Å². The number of oxime groups is 1.